The predicted octanol–water partition coefficient (Wildman–Crippen LogP) is 6.57. The van der Waals surface area contributed by atoms with E-state index in [0.717, 1.165) is 51.9 Å². The maximum absolute atomic E-state index is 12.4. The third-order valence-electron chi connectivity index (χ3n) is 7.18. The number of hydrogen-bond acceptors (Lipinski definition) is 8. The van der Waals surface area contributed by atoms with Crippen LogP contribution in [0.25, 0.3) is 33.9 Å². The van der Waals surface area contributed by atoms with Crippen LogP contribution in [0.15, 0.2) is 87.8 Å². The first-order valence-corrected chi connectivity index (χ1v) is 13.0. The van der Waals surface area contributed by atoms with Crippen molar-refractivity contribution < 1.29 is 18.5 Å². The van der Waals surface area contributed by atoms with E-state index in [-0.39, 0.29) is 5.97 Å². The number of esters is 1. The summed E-state index contributed by atoms with van der Waals surface area (Å²) in [5.74, 6) is 1.03. The average Bonchev–Trinajstić information content (AvgIpc) is 3.52. The van der Waals surface area contributed by atoms with Crippen LogP contribution in [-0.4, -0.2) is 27.9 Å². The SMILES string of the molecule is CCOC(=O)C1(c2ccc(-c3ccc(-c4onc(C)c4CNc4nnc(-c5ccccc5)o4)cc3)cc2)CC1. The van der Waals surface area contributed by atoms with Crippen molar-refractivity contribution in [2.45, 2.75) is 38.6 Å². The van der Waals surface area contributed by atoms with Crippen LogP contribution < -0.4 is 5.32 Å². The fraction of sp³-hybridized carbons (Fsp3) is 0.226. The van der Waals surface area contributed by atoms with Crippen molar-refractivity contribution in [3.8, 4) is 33.9 Å². The summed E-state index contributed by atoms with van der Waals surface area (Å²) < 4.78 is 16.8. The van der Waals surface area contributed by atoms with E-state index in [2.05, 4.69) is 44.9 Å². The summed E-state index contributed by atoms with van der Waals surface area (Å²) in [6, 6.07) is 26.3. The molecule has 8 heteroatoms. The van der Waals surface area contributed by atoms with Crippen molar-refractivity contribution in [3.63, 3.8) is 0 Å². The number of rotatable bonds is 9. The molecule has 1 aliphatic rings. The van der Waals surface area contributed by atoms with Gasteiger partial charge in [0.15, 0.2) is 5.76 Å². The minimum Gasteiger partial charge on any atom is -0.465 e. The van der Waals surface area contributed by atoms with Gasteiger partial charge >= 0.3 is 12.0 Å². The Kier molecular flexibility index (Phi) is 6.44. The molecule has 1 fully saturated rings. The Balaban J connectivity index is 1.16. The second-order valence-corrected chi connectivity index (χ2v) is 9.66. The van der Waals surface area contributed by atoms with E-state index in [0.29, 0.717) is 30.8 Å². The van der Waals surface area contributed by atoms with Crippen LogP contribution in [0.2, 0.25) is 0 Å². The number of benzene rings is 3. The molecule has 5 aromatic rings. The smallest absolute Gasteiger partial charge is 0.316 e. The Labute approximate surface area is 226 Å². The van der Waals surface area contributed by atoms with Gasteiger partial charge in [0.25, 0.3) is 0 Å². The first-order chi connectivity index (χ1) is 19.1. The molecule has 2 aromatic heterocycles. The number of nitrogens with one attached hydrogen (secondary N) is 1. The molecule has 196 valence electrons. The third kappa shape index (κ3) is 4.81. The summed E-state index contributed by atoms with van der Waals surface area (Å²) in [5, 5.41) is 15.6. The molecule has 0 radical (unpaired) electrons. The van der Waals surface area contributed by atoms with Crippen molar-refractivity contribution in [1.29, 1.82) is 0 Å². The summed E-state index contributed by atoms with van der Waals surface area (Å²) >= 11 is 0. The molecular formula is C31H28N4O4. The number of hydrogen-bond donors (Lipinski definition) is 1. The van der Waals surface area contributed by atoms with Crippen molar-refractivity contribution in [2.24, 2.45) is 0 Å². The number of nitrogens with zero attached hydrogens (tertiary/aromatic N) is 3. The topological polar surface area (TPSA) is 103 Å². The summed E-state index contributed by atoms with van der Waals surface area (Å²) in [4.78, 5) is 12.4. The van der Waals surface area contributed by atoms with Crippen molar-refractivity contribution >= 4 is 12.0 Å². The van der Waals surface area contributed by atoms with Gasteiger partial charge < -0.3 is 19.0 Å². The second kappa shape index (κ2) is 10.2. The second-order valence-electron chi connectivity index (χ2n) is 9.66. The van der Waals surface area contributed by atoms with Gasteiger partial charge in [0.1, 0.15) is 0 Å². The maximum Gasteiger partial charge on any atom is 0.316 e. The summed E-state index contributed by atoms with van der Waals surface area (Å²) in [5.41, 5.74) is 6.19. The van der Waals surface area contributed by atoms with E-state index in [9.17, 15) is 4.79 Å². The van der Waals surface area contributed by atoms with Gasteiger partial charge in [-0.15, -0.1) is 5.10 Å². The van der Waals surface area contributed by atoms with Crippen molar-refractivity contribution in [1.82, 2.24) is 15.4 Å². The van der Waals surface area contributed by atoms with Gasteiger partial charge in [0, 0.05) is 16.7 Å². The van der Waals surface area contributed by atoms with Crippen LogP contribution >= 0.6 is 0 Å². The van der Waals surface area contributed by atoms with E-state index < -0.39 is 5.41 Å². The number of carbonyl (C=O) groups is 1. The van der Waals surface area contributed by atoms with Gasteiger partial charge in [0.05, 0.1) is 24.3 Å². The Hall–Kier alpha value is -4.72. The Morgan fingerprint density at radius 3 is 2.23 bits per heavy atom. The van der Waals surface area contributed by atoms with Gasteiger partial charge in [-0.25, -0.2) is 0 Å². The molecule has 3 aromatic carbocycles. The highest BCUT2D eigenvalue weighted by Gasteiger charge is 2.52. The highest BCUT2D eigenvalue weighted by molar-refractivity contribution is 5.87. The van der Waals surface area contributed by atoms with E-state index >= 15 is 0 Å². The highest BCUT2D eigenvalue weighted by atomic mass is 16.5. The maximum atomic E-state index is 12.4. The Morgan fingerprint density at radius 2 is 1.56 bits per heavy atom. The molecule has 0 saturated heterocycles. The zero-order chi connectivity index (χ0) is 26.8. The average molecular weight is 521 g/mol. The van der Waals surface area contributed by atoms with E-state index in [4.69, 9.17) is 13.7 Å². The molecule has 2 heterocycles. The first-order valence-electron chi connectivity index (χ1n) is 13.0. The summed E-state index contributed by atoms with van der Waals surface area (Å²) in [6.45, 7) is 4.58. The summed E-state index contributed by atoms with van der Waals surface area (Å²) in [7, 11) is 0. The fourth-order valence-corrected chi connectivity index (χ4v) is 4.78. The zero-order valence-corrected chi connectivity index (χ0v) is 21.8. The van der Waals surface area contributed by atoms with Gasteiger partial charge in [-0.05, 0) is 55.5 Å². The molecule has 0 bridgehead atoms. The van der Waals surface area contributed by atoms with Gasteiger partial charge in [-0.2, -0.15) is 0 Å². The van der Waals surface area contributed by atoms with Crippen LogP contribution in [-0.2, 0) is 21.5 Å². The Morgan fingerprint density at radius 1 is 0.897 bits per heavy atom. The number of aromatic nitrogens is 3. The zero-order valence-electron chi connectivity index (χ0n) is 21.8. The molecule has 1 N–H and O–H groups in total. The molecule has 1 saturated carbocycles. The fourth-order valence-electron chi connectivity index (χ4n) is 4.78. The van der Waals surface area contributed by atoms with Gasteiger partial charge in [-0.1, -0.05) is 77.0 Å². The minimum atomic E-state index is -0.461. The molecule has 39 heavy (non-hydrogen) atoms. The van der Waals surface area contributed by atoms with Crippen LogP contribution in [0.1, 0.15) is 36.6 Å². The molecule has 0 atom stereocenters. The quantitative estimate of drug-likeness (QED) is 0.218. The monoisotopic (exact) mass is 520 g/mol. The Bertz CT molecular complexity index is 1580. The molecule has 0 amide bonds. The largest absolute Gasteiger partial charge is 0.465 e. The van der Waals surface area contributed by atoms with E-state index in [1.807, 2.05) is 68.4 Å². The molecule has 6 rings (SSSR count). The van der Waals surface area contributed by atoms with Crippen LogP contribution in [0, 0.1) is 6.92 Å². The number of ether oxygens (including phenoxy) is 1. The molecule has 0 unspecified atom stereocenters. The molecule has 0 aliphatic heterocycles. The molecule has 8 nitrogen and oxygen atoms in total. The van der Waals surface area contributed by atoms with Crippen LogP contribution in [0.4, 0.5) is 6.01 Å². The third-order valence-corrected chi connectivity index (χ3v) is 7.18. The van der Waals surface area contributed by atoms with Crippen molar-refractivity contribution in [3.05, 3.63) is 95.7 Å². The van der Waals surface area contributed by atoms with Crippen LogP contribution in [0.3, 0.4) is 0 Å². The summed E-state index contributed by atoms with van der Waals surface area (Å²) in [6.07, 6.45) is 1.68. The number of anilines is 1. The molecular weight excluding hydrogens is 492 g/mol. The van der Waals surface area contributed by atoms with E-state index in [1.54, 1.807) is 0 Å². The normalized spacial score (nSPS) is 13.7. The minimum absolute atomic E-state index is 0.120. The predicted molar refractivity (Wildman–Crippen MR) is 147 cm³/mol. The highest BCUT2D eigenvalue weighted by Crippen LogP contribution is 2.49. The molecule has 0 spiro atoms. The first kappa shape index (κ1) is 24.6. The lowest BCUT2D eigenvalue weighted by Crippen LogP contribution is -2.23. The van der Waals surface area contributed by atoms with Gasteiger partial charge in [0.2, 0.25) is 5.89 Å². The van der Waals surface area contributed by atoms with E-state index in [1.165, 1.54) is 0 Å². The van der Waals surface area contributed by atoms with Crippen LogP contribution in [0.5, 0.6) is 0 Å². The van der Waals surface area contributed by atoms with Gasteiger partial charge in [-0.3, -0.25) is 4.79 Å². The lowest BCUT2D eigenvalue weighted by Gasteiger charge is -2.14. The lowest BCUT2D eigenvalue weighted by atomic mass is 9.93. The number of aryl methyl sites for hydroxylation is 1. The number of carbonyl (C=O) groups excluding carboxylic acids is 1. The van der Waals surface area contributed by atoms with Crippen molar-refractivity contribution in [2.75, 3.05) is 11.9 Å². The standard InChI is InChI=1S/C31H28N4O4/c1-3-37-29(36)31(17-18-31)25-15-13-22(14-16-25)21-9-11-23(12-10-21)27-26(20(2)35-39-27)19-32-30-34-33-28(38-30)24-7-5-4-6-8-24/h4-16H,3,17-19H2,1-2H3,(H,32,34). The molecule has 1 aliphatic carbocycles. The lowest BCUT2D eigenvalue weighted by molar-refractivity contribution is -0.146.